The summed E-state index contributed by atoms with van der Waals surface area (Å²) in [5, 5.41) is 2.05. The Hall–Kier alpha value is -1.81. The zero-order valence-corrected chi connectivity index (χ0v) is 29.4. The van der Waals surface area contributed by atoms with Crippen molar-refractivity contribution in [3.8, 4) is 0 Å². The summed E-state index contributed by atoms with van der Waals surface area (Å²) < 4.78 is 74.9. The van der Waals surface area contributed by atoms with Crippen molar-refractivity contribution in [3.63, 3.8) is 0 Å². The molecule has 2 saturated heterocycles. The van der Waals surface area contributed by atoms with Gasteiger partial charge in [-0.05, 0) is 15.4 Å². The summed E-state index contributed by atoms with van der Waals surface area (Å²) in [6.45, 7) is 6.77. The van der Waals surface area contributed by atoms with Gasteiger partial charge in [-0.2, -0.15) is 0 Å². The first-order valence-electron chi connectivity index (χ1n) is 15.6. The quantitative estimate of drug-likeness (QED) is 0.280. The van der Waals surface area contributed by atoms with Gasteiger partial charge in [0.05, 0.1) is 13.2 Å². The predicted molar refractivity (Wildman–Crippen MR) is 173 cm³/mol. The smallest absolute Gasteiger partial charge is 0.261 e. The molecule has 2 aliphatic heterocycles. The van der Waals surface area contributed by atoms with E-state index in [1.165, 1.54) is 21.3 Å². The minimum atomic E-state index is -2.90. The maximum atomic E-state index is 15.0. The highest BCUT2D eigenvalue weighted by Gasteiger charge is 2.54. The van der Waals surface area contributed by atoms with Crippen LogP contribution in [0.3, 0.4) is 0 Å². The van der Waals surface area contributed by atoms with Crippen LogP contribution in [0, 0.1) is 0 Å². The number of methoxy groups -OCH3 is 6. The Bertz CT molecular complexity index is 1130. The van der Waals surface area contributed by atoms with Crippen LogP contribution < -0.4 is 10.4 Å². The molecule has 12 heteroatoms. The third-order valence-corrected chi connectivity index (χ3v) is 14.1. The number of hydrogen-bond acceptors (Lipinski definition) is 10. The molecule has 10 nitrogen and oxygen atoms in total. The zero-order valence-electron chi connectivity index (χ0n) is 28.4. The number of ether oxygens (including phenoxy) is 9. The first-order chi connectivity index (χ1) is 22.1. The van der Waals surface area contributed by atoms with E-state index in [1.54, 1.807) is 21.3 Å². The predicted octanol–water partition coefficient (Wildman–Crippen LogP) is 3.09. The van der Waals surface area contributed by atoms with Crippen LogP contribution in [0.5, 0.6) is 0 Å². The fourth-order valence-electron chi connectivity index (χ4n) is 6.91. The monoisotopic (exact) mass is 666 g/mol. The molecule has 0 aliphatic carbocycles. The minimum absolute atomic E-state index is 0.0733. The average molecular weight is 667 g/mol. The summed E-state index contributed by atoms with van der Waals surface area (Å²) in [6, 6.07) is 20.8. The fourth-order valence-corrected chi connectivity index (χ4v) is 11.5. The molecular formula is C34H51FO10Si. The van der Waals surface area contributed by atoms with Crippen molar-refractivity contribution in [2.45, 2.75) is 87.3 Å². The highest BCUT2D eigenvalue weighted by molar-refractivity contribution is 6.99. The first-order valence-corrected chi connectivity index (χ1v) is 17.5. The van der Waals surface area contributed by atoms with Gasteiger partial charge >= 0.3 is 0 Å². The van der Waals surface area contributed by atoms with Crippen molar-refractivity contribution in [1.29, 1.82) is 0 Å². The number of halogens is 1. The van der Waals surface area contributed by atoms with Gasteiger partial charge in [-0.15, -0.1) is 0 Å². The van der Waals surface area contributed by atoms with Crippen molar-refractivity contribution in [2.24, 2.45) is 0 Å². The van der Waals surface area contributed by atoms with Crippen LogP contribution in [-0.4, -0.2) is 126 Å². The zero-order chi connectivity index (χ0) is 33.5. The maximum Gasteiger partial charge on any atom is 0.261 e. The van der Waals surface area contributed by atoms with E-state index < -0.39 is 69.8 Å². The summed E-state index contributed by atoms with van der Waals surface area (Å²) in [7, 11) is 6.26. The van der Waals surface area contributed by atoms with Gasteiger partial charge in [-0.1, -0.05) is 81.4 Å². The average Bonchev–Trinajstić information content (AvgIpc) is 3.06. The van der Waals surface area contributed by atoms with Gasteiger partial charge in [0.2, 0.25) is 6.36 Å². The van der Waals surface area contributed by atoms with E-state index >= 15 is 0 Å². The second kappa shape index (κ2) is 16.5. The van der Waals surface area contributed by atoms with Crippen molar-refractivity contribution in [1.82, 2.24) is 0 Å². The topological polar surface area (TPSA) is 92.3 Å². The summed E-state index contributed by atoms with van der Waals surface area (Å²) in [5.74, 6) is 0. The largest absolute Gasteiger partial charge is 0.405 e. The Morgan fingerprint density at radius 3 is 1.46 bits per heavy atom. The van der Waals surface area contributed by atoms with Crippen LogP contribution >= 0.6 is 0 Å². The molecule has 0 aromatic heterocycles. The third-order valence-electron chi connectivity index (χ3n) is 9.11. The van der Waals surface area contributed by atoms with Gasteiger partial charge in [0.1, 0.15) is 48.8 Å². The Labute approximate surface area is 273 Å². The van der Waals surface area contributed by atoms with E-state index in [9.17, 15) is 4.39 Å². The molecule has 258 valence electrons. The molecule has 0 saturated carbocycles. The van der Waals surface area contributed by atoms with Crippen LogP contribution in [0.15, 0.2) is 60.7 Å². The van der Waals surface area contributed by atoms with Crippen LogP contribution in [0.4, 0.5) is 4.39 Å². The maximum absolute atomic E-state index is 15.0. The standard InChI is InChI=1S/C34H51FO10Si/c1-34(2,3)46(22-16-12-10-13-17-22,23-18-14-11-15-19-23)43-21-25-27(37-5)29(39-7)31(41-9)33(45-25)42-20-24-26(36-4)28(38-6)30(40-8)32(35)44-24/h10-19,24-33H,20-21H2,1-9H3/t24-,25-,26-,27-,28+,29+,30+,31+,32+,33-/m1/s1. The van der Waals surface area contributed by atoms with E-state index in [-0.39, 0.29) is 18.3 Å². The minimum Gasteiger partial charge on any atom is -0.405 e. The lowest BCUT2D eigenvalue weighted by Crippen LogP contribution is -2.68. The molecule has 4 rings (SSSR count). The Morgan fingerprint density at radius 1 is 0.587 bits per heavy atom. The summed E-state index contributed by atoms with van der Waals surface area (Å²) in [4.78, 5) is 0. The fraction of sp³-hybridized carbons (Fsp3) is 0.647. The third kappa shape index (κ3) is 7.42. The lowest BCUT2D eigenvalue weighted by atomic mass is 9.98. The van der Waals surface area contributed by atoms with Crippen LogP contribution in [0.1, 0.15) is 20.8 Å². The summed E-state index contributed by atoms with van der Waals surface area (Å²) in [6.07, 6.45) is -8.18. The van der Waals surface area contributed by atoms with Gasteiger partial charge in [0, 0.05) is 42.7 Å². The first kappa shape index (κ1) is 37.0. The number of benzene rings is 2. The van der Waals surface area contributed by atoms with Crippen LogP contribution in [0.25, 0.3) is 0 Å². The molecule has 10 atom stereocenters. The summed E-state index contributed by atoms with van der Waals surface area (Å²) >= 11 is 0. The highest BCUT2D eigenvalue weighted by Crippen LogP contribution is 2.38. The van der Waals surface area contributed by atoms with Crippen molar-refractivity contribution in [2.75, 3.05) is 55.9 Å². The molecule has 2 aliphatic rings. The second-order valence-corrected chi connectivity index (χ2v) is 16.9. The Balaban J connectivity index is 1.62. The SMILES string of the molecule is CO[C@@H]1[C@H](OC)[C@H](OC[C@H]2O[C@H](F)[C@@H](OC)[C@@H](OC)[C@@H]2OC)O[C@H](CO[Si](c2ccccc2)(c2ccccc2)C(C)(C)C)[C@H]1OC. The molecule has 2 aromatic rings. The molecule has 0 unspecified atom stereocenters. The van der Waals surface area contributed by atoms with Gasteiger partial charge in [0.15, 0.2) is 6.29 Å². The normalized spacial score (nSPS) is 32.4. The Kier molecular flexibility index (Phi) is 13.3. The molecule has 46 heavy (non-hydrogen) atoms. The highest BCUT2D eigenvalue weighted by atomic mass is 28.4. The molecule has 0 bridgehead atoms. The van der Waals surface area contributed by atoms with E-state index in [2.05, 4.69) is 45.0 Å². The summed E-state index contributed by atoms with van der Waals surface area (Å²) in [5.41, 5.74) is 0. The number of rotatable bonds is 14. The molecule has 2 aromatic carbocycles. The van der Waals surface area contributed by atoms with E-state index in [4.69, 9.17) is 47.1 Å². The molecule has 0 amide bonds. The van der Waals surface area contributed by atoms with Gasteiger partial charge in [-0.3, -0.25) is 0 Å². The second-order valence-electron chi connectivity index (χ2n) is 12.6. The van der Waals surface area contributed by atoms with Gasteiger partial charge in [0.25, 0.3) is 8.32 Å². The molecule has 2 fully saturated rings. The van der Waals surface area contributed by atoms with Crippen molar-refractivity contribution < 1.29 is 51.4 Å². The van der Waals surface area contributed by atoms with Gasteiger partial charge < -0.3 is 47.1 Å². The van der Waals surface area contributed by atoms with E-state index in [0.29, 0.717) is 0 Å². The Morgan fingerprint density at radius 2 is 1.02 bits per heavy atom. The van der Waals surface area contributed by atoms with Gasteiger partial charge in [-0.25, -0.2) is 4.39 Å². The number of hydrogen-bond donors (Lipinski definition) is 0. The number of alkyl halides is 1. The van der Waals surface area contributed by atoms with E-state index in [1.807, 2.05) is 36.4 Å². The lowest BCUT2D eigenvalue weighted by Gasteiger charge is -2.48. The van der Waals surface area contributed by atoms with Crippen molar-refractivity contribution >= 4 is 18.7 Å². The molecule has 0 N–H and O–H groups in total. The van der Waals surface area contributed by atoms with E-state index in [0.717, 1.165) is 10.4 Å². The lowest BCUT2D eigenvalue weighted by molar-refractivity contribution is -0.329. The van der Waals surface area contributed by atoms with Crippen LogP contribution in [-0.2, 0) is 47.1 Å². The van der Waals surface area contributed by atoms with Crippen LogP contribution in [0.2, 0.25) is 5.04 Å². The molecule has 0 radical (unpaired) electrons. The van der Waals surface area contributed by atoms with Crippen molar-refractivity contribution in [3.05, 3.63) is 60.7 Å². The molecule has 0 spiro atoms. The molecular weight excluding hydrogens is 615 g/mol. The molecule has 2 heterocycles.